The van der Waals surface area contributed by atoms with Crippen LogP contribution in [0, 0.1) is 11.6 Å². The first kappa shape index (κ1) is 18.8. The molecule has 3 rings (SSSR count). The summed E-state index contributed by atoms with van der Waals surface area (Å²) in [5.41, 5.74) is 2.46. The molecule has 4 nitrogen and oxygen atoms in total. The van der Waals surface area contributed by atoms with E-state index in [9.17, 15) is 13.6 Å². The molecule has 3 aromatic rings. The Hall–Kier alpha value is -3.02. The highest BCUT2D eigenvalue weighted by Crippen LogP contribution is 2.26. The van der Waals surface area contributed by atoms with Crippen LogP contribution >= 0.6 is 0 Å². The van der Waals surface area contributed by atoms with Gasteiger partial charge in [-0.1, -0.05) is 50.2 Å². The van der Waals surface area contributed by atoms with Crippen molar-refractivity contribution in [1.82, 2.24) is 10.5 Å². The molecule has 1 N–H and O–H groups in total. The fourth-order valence-corrected chi connectivity index (χ4v) is 2.64. The third-order valence-electron chi connectivity index (χ3n) is 4.15. The van der Waals surface area contributed by atoms with E-state index in [1.165, 1.54) is 11.6 Å². The number of hydrogen-bond donors (Lipinski definition) is 1. The second-order valence-corrected chi connectivity index (χ2v) is 7.36. The van der Waals surface area contributed by atoms with Crippen molar-refractivity contribution in [1.29, 1.82) is 0 Å². The summed E-state index contributed by atoms with van der Waals surface area (Å²) in [4.78, 5) is 12.2. The van der Waals surface area contributed by atoms with Crippen LogP contribution in [0.15, 0.2) is 53.1 Å². The first-order chi connectivity index (χ1) is 12.7. The minimum atomic E-state index is -0.693. The van der Waals surface area contributed by atoms with Crippen molar-refractivity contribution in [3.63, 3.8) is 0 Å². The molecule has 0 radical (unpaired) electrons. The fourth-order valence-electron chi connectivity index (χ4n) is 2.64. The Balaban J connectivity index is 1.68. The molecular formula is C21H20F2N2O2. The van der Waals surface area contributed by atoms with Crippen molar-refractivity contribution in [3.8, 4) is 11.3 Å². The van der Waals surface area contributed by atoms with Gasteiger partial charge >= 0.3 is 0 Å². The largest absolute Gasteiger partial charge is 0.355 e. The molecule has 0 atom stereocenters. The van der Waals surface area contributed by atoms with Crippen molar-refractivity contribution >= 4 is 5.91 Å². The molecule has 0 aliphatic heterocycles. The maximum Gasteiger partial charge on any atom is 0.273 e. The van der Waals surface area contributed by atoms with Crippen molar-refractivity contribution in [2.45, 2.75) is 32.7 Å². The SMILES string of the molecule is CC(C)(C)c1ccc(-c2cc(C(=O)NCc3cc(F)cc(F)c3)no2)cc1. The third kappa shape index (κ3) is 4.58. The minimum absolute atomic E-state index is 0.0179. The molecule has 1 aromatic heterocycles. The zero-order chi connectivity index (χ0) is 19.6. The average Bonchev–Trinajstić information content (AvgIpc) is 3.08. The van der Waals surface area contributed by atoms with Crippen LogP contribution in [-0.4, -0.2) is 11.1 Å². The van der Waals surface area contributed by atoms with Crippen LogP contribution in [0.4, 0.5) is 8.78 Å². The van der Waals surface area contributed by atoms with Gasteiger partial charge < -0.3 is 9.84 Å². The van der Waals surface area contributed by atoms with Gasteiger partial charge in [-0.3, -0.25) is 4.79 Å². The highest BCUT2D eigenvalue weighted by molar-refractivity contribution is 5.93. The van der Waals surface area contributed by atoms with Gasteiger partial charge in [0.2, 0.25) is 0 Å². The molecule has 27 heavy (non-hydrogen) atoms. The topological polar surface area (TPSA) is 55.1 Å². The summed E-state index contributed by atoms with van der Waals surface area (Å²) in [6.07, 6.45) is 0. The Morgan fingerprint density at radius 1 is 1.04 bits per heavy atom. The van der Waals surface area contributed by atoms with Gasteiger partial charge in [-0.2, -0.15) is 0 Å². The van der Waals surface area contributed by atoms with E-state index in [-0.39, 0.29) is 17.7 Å². The molecule has 0 aliphatic carbocycles. The third-order valence-corrected chi connectivity index (χ3v) is 4.15. The molecule has 6 heteroatoms. The van der Waals surface area contributed by atoms with Gasteiger partial charge in [-0.25, -0.2) is 8.78 Å². The quantitative estimate of drug-likeness (QED) is 0.714. The van der Waals surface area contributed by atoms with Crippen molar-refractivity contribution in [3.05, 3.63) is 77.0 Å². The summed E-state index contributed by atoms with van der Waals surface area (Å²) in [5, 5.41) is 6.34. The van der Waals surface area contributed by atoms with E-state index in [1.807, 2.05) is 24.3 Å². The molecular weight excluding hydrogens is 350 g/mol. The van der Waals surface area contributed by atoms with Gasteiger partial charge in [-0.15, -0.1) is 0 Å². The molecule has 1 amide bonds. The molecule has 0 unspecified atom stereocenters. The van der Waals surface area contributed by atoms with Crippen LogP contribution in [0.25, 0.3) is 11.3 Å². The van der Waals surface area contributed by atoms with Crippen LogP contribution in [0.3, 0.4) is 0 Å². The number of benzene rings is 2. The molecule has 0 bridgehead atoms. The highest BCUT2D eigenvalue weighted by atomic mass is 19.1. The predicted molar refractivity (Wildman–Crippen MR) is 98.2 cm³/mol. The normalized spacial score (nSPS) is 11.4. The lowest BCUT2D eigenvalue weighted by molar-refractivity contribution is 0.0942. The van der Waals surface area contributed by atoms with E-state index in [4.69, 9.17) is 4.52 Å². The molecule has 1 heterocycles. The molecule has 0 saturated heterocycles. The van der Waals surface area contributed by atoms with Gasteiger partial charge in [-0.05, 0) is 28.7 Å². The molecule has 0 fully saturated rings. The Bertz CT molecular complexity index is 937. The number of amides is 1. The van der Waals surface area contributed by atoms with Crippen molar-refractivity contribution in [2.24, 2.45) is 0 Å². The number of rotatable bonds is 4. The lowest BCUT2D eigenvalue weighted by atomic mass is 9.86. The number of carbonyl (C=O) groups excluding carboxylic acids is 1. The summed E-state index contributed by atoms with van der Waals surface area (Å²) in [5.74, 6) is -1.40. The van der Waals surface area contributed by atoms with E-state index in [0.29, 0.717) is 11.3 Å². The zero-order valence-corrected chi connectivity index (χ0v) is 15.3. The smallest absolute Gasteiger partial charge is 0.273 e. The number of aromatic nitrogens is 1. The van der Waals surface area contributed by atoms with Crippen LogP contribution in [0.5, 0.6) is 0 Å². The van der Waals surface area contributed by atoms with Crippen molar-refractivity contribution < 1.29 is 18.1 Å². The minimum Gasteiger partial charge on any atom is -0.355 e. The first-order valence-electron chi connectivity index (χ1n) is 8.53. The van der Waals surface area contributed by atoms with E-state index < -0.39 is 17.5 Å². The first-order valence-corrected chi connectivity index (χ1v) is 8.53. The maximum absolute atomic E-state index is 13.2. The second kappa shape index (κ2) is 7.31. The maximum atomic E-state index is 13.2. The molecule has 2 aromatic carbocycles. The van der Waals surface area contributed by atoms with E-state index >= 15 is 0 Å². The molecule has 0 spiro atoms. The number of nitrogens with zero attached hydrogens (tertiary/aromatic N) is 1. The average molecular weight is 370 g/mol. The number of carbonyl (C=O) groups is 1. The van der Waals surface area contributed by atoms with Gasteiger partial charge in [0.15, 0.2) is 11.5 Å². The standard InChI is InChI=1S/C21H20F2N2O2/c1-21(2,3)15-6-4-14(5-7-15)19-11-18(25-27-19)20(26)24-12-13-8-16(22)10-17(23)9-13/h4-11H,12H2,1-3H3,(H,24,26). The van der Waals surface area contributed by atoms with Crippen LogP contribution < -0.4 is 5.32 Å². The number of hydrogen-bond acceptors (Lipinski definition) is 3. The Kier molecular flexibility index (Phi) is 5.08. The lowest BCUT2D eigenvalue weighted by Gasteiger charge is -2.18. The molecule has 0 aliphatic rings. The Morgan fingerprint density at radius 2 is 1.67 bits per heavy atom. The Morgan fingerprint density at radius 3 is 2.26 bits per heavy atom. The van der Waals surface area contributed by atoms with Gasteiger partial charge in [0.1, 0.15) is 11.6 Å². The lowest BCUT2D eigenvalue weighted by Crippen LogP contribution is -2.23. The monoisotopic (exact) mass is 370 g/mol. The van der Waals surface area contributed by atoms with E-state index in [0.717, 1.165) is 23.8 Å². The molecule has 140 valence electrons. The second-order valence-electron chi connectivity index (χ2n) is 7.36. The number of nitrogens with one attached hydrogen (secondary N) is 1. The predicted octanol–water partition coefficient (Wildman–Crippen LogP) is 4.85. The molecule has 0 saturated carbocycles. The van der Waals surface area contributed by atoms with Crippen LogP contribution in [0.1, 0.15) is 42.4 Å². The van der Waals surface area contributed by atoms with Gasteiger partial charge in [0.25, 0.3) is 5.91 Å². The summed E-state index contributed by atoms with van der Waals surface area (Å²) in [6.45, 7) is 6.37. The Labute approximate surface area is 156 Å². The van der Waals surface area contributed by atoms with Crippen molar-refractivity contribution in [2.75, 3.05) is 0 Å². The number of halogens is 2. The summed E-state index contributed by atoms with van der Waals surface area (Å²) in [7, 11) is 0. The zero-order valence-electron chi connectivity index (χ0n) is 15.3. The summed E-state index contributed by atoms with van der Waals surface area (Å²) < 4.78 is 31.6. The summed E-state index contributed by atoms with van der Waals surface area (Å²) in [6, 6.07) is 12.5. The van der Waals surface area contributed by atoms with E-state index in [1.54, 1.807) is 0 Å². The summed E-state index contributed by atoms with van der Waals surface area (Å²) >= 11 is 0. The van der Waals surface area contributed by atoms with Crippen LogP contribution in [-0.2, 0) is 12.0 Å². The van der Waals surface area contributed by atoms with E-state index in [2.05, 4.69) is 31.2 Å². The van der Waals surface area contributed by atoms with Gasteiger partial charge in [0, 0.05) is 24.2 Å². The fraction of sp³-hybridized carbons (Fsp3) is 0.238. The van der Waals surface area contributed by atoms with Crippen LogP contribution in [0.2, 0.25) is 0 Å². The highest BCUT2D eigenvalue weighted by Gasteiger charge is 2.16. The van der Waals surface area contributed by atoms with Gasteiger partial charge in [0.05, 0.1) is 0 Å².